The standard InChI is InChI=1S/C38H42F3N5O4/c1-38(2,3)33(35-42-34(29-19-28(39)16-17-30(29)40)43-46(35)20-25-11-6-4-7-12-25)45(36(47)32-15-10-18-49-32)22-27-21-44(23-31(27)41)37(48)50-24-26-13-8-5-9-14-26/h4-9,11-14,16-17,19,27,31-33H,10,15,18,20-24H2,1-3H3/t27-,31-,32?,33-/m0/s1. The molecule has 6 rings (SSSR count). The van der Waals surface area contributed by atoms with E-state index in [4.69, 9.17) is 14.5 Å². The Morgan fingerprint density at radius 1 is 1.00 bits per heavy atom. The Hall–Kier alpha value is -4.71. The Kier molecular flexibility index (Phi) is 10.6. The number of carbonyl (C=O) groups is 2. The molecule has 9 nitrogen and oxygen atoms in total. The second kappa shape index (κ2) is 15.0. The lowest BCUT2D eigenvalue weighted by Gasteiger charge is -2.41. The molecule has 0 spiro atoms. The molecule has 3 aromatic carbocycles. The Labute approximate surface area is 290 Å². The summed E-state index contributed by atoms with van der Waals surface area (Å²) in [6.07, 6.45) is -1.60. The van der Waals surface area contributed by atoms with Gasteiger partial charge in [-0.1, -0.05) is 81.4 Å². The topological polar surface area (TPSA) is 89.8 Å². The number of amides is 2. The van der Waals surface area contributed by atoms with E-state index in [0.29, 0.717) is 25.3 Å². The maximum absolute atomic E-state index is 15.9. The molecule has 2 amide bonds. The molecule has 1 unspecified atom stereocenters. The summed E-state index contributed by atoms with van der Waals surface area (Å²) in [7, 11) is 0. The van der Waals surface area contributed by atoms with E-state index in [-0.39, 0.29) is 50.1 Å². The molecule has 2 saturated heterocycles. The van der Waals surface area contributed by atoms with Crippen molar-refractivity contribution >= 4 is 12.0 Å². The Bertz CT molecular complexity index is 1780. The van der Waals surface area contributed by atoms with Crippen LogP contribution < -0.4 is 0 Å². The molecule has 2 aliphatic heterocycles. The monoisotopic (exact) mass is 689 g/mol. The van der Waals surface area contributed by atoms with E-state index in [1.165, 1.54) is 4.90 Å². The third kappa shape index (κ3) is 8.01. The summed E-state index contributed by atoms with van der Waals surface area (Å²) in [5, 5.41) is 4.66. The Balaban J connectivity index is 1.36. The highest BCUT2D eigenvalue weighted by Gasteiger charge is 2.45. The van der Waals surface area contributed by atoms with Crippen molar-refractivity contribution in [2.45, 2.75) is 65.1 Å². The summed E-state index contributed by atoms with van der Waals surface area (Å²) in [4.78, 5) is 35.2. The van der Waals surface area contributed by atoms with Gasteiger partial charge in [-0.25, -0.2) is 27.6 Å². The average molecular weight is 690 g/mol. The minimum Gasteiger partial charge on any atom is -0.445 e. The second-order valence-corrected chi connectivity index (χ2v) is 14.0. The molecule has 50 heavy (non-hydrogen) atoms. The minimum absolute atomic E-state index is 0.0386. The molecule has 264 valence electrons. The van der Waals surface area contributed by atoms with Gasteiger partial charge in [0.05, 0.1) is 24.7 Å². The second-order valence-electron chi connectivity index (χ2n) is 14.0. The molecule has 4 aromatic rings. The molecule has 4 atom stereocenters. The number of alkyl halides is 1. The van der Waals surface area contributed by atoms with Gasteiger partial charge in [-0.3, -0.25) is 4.79 Å². The lowest BCUT2D eigenvalue weighted by molar-refractivity contribution is -0.147. The fourth-order valence-corrected chi connectivity index (χ4v) is 6.70. The molecule has 0 N–H and O–H groups in total. The predicted octanol–water partition coefficient (Wildman–Crippen LogP) is 6.97. The Morgan fingerprint density at radius 3 is 2.36 bits per heavy atom. The van der Waals surface area contributed by atoms with Crippen molar-refractivity contribution in [1.29, 1.82) is 0 Å². The van der Waals surface area contributed by atoms with Crippen LogP contribution in [0.25, 0.3) is 11.4 Å². The van der Waals surface area contributed by atoms with Crippen molar-refractivity contribution in [3.8, 4) is 11.4 Å². The fourth-order valence-electron chi connectivity index (χ4n) is 6.70. The summed E-state index contributed by atoms with van der Waals surface area (Å²) in [5.74, 6) is -2.11. The van der Waals surface area contributed by atoms with Gasteiger partial charge in [-0.2, -0.15) is 5.10 Å². The zero-order valence-corrected chi connectivity index (χ0v) is 28.5. The smallest absolute Gasteiger partial charge is 0.410 e. The van der Waals surface area contributed by atoms with Crippen LogP contribution in [0.5, 0.6) is 0 Å². The maximum Gasteiger partial charge on any atom is 0.410 e. The molecule has 0 aliphatic carbocycles. The highest BCUT2D eigenvalue weighted by Crippen LogP contribution is 2.41. The van der Waals surface area contributed by atoms with Crippen molar-refractivity contribution in [2.75, 3.05) is 26.2 Å². The number of likely N-dealkylation sites (tertiary alicyclic amines) is 1. The summed E-state index contributed by atoms with van der Waals surface area (Å²) >= 11 is 0. The van der Waals surface area contributed by atoms with E-state index in [1.54, 1.807) is 9.58 Å². The van der Waals surface area contributed by atoms with E-state index < -0.39 is 47.4 Å². The van der Waals surface area contributed by atoms with Gasteiger partial charge < -0.3 is 19.3 Å². The first-order chi connectivity index (χ1) is 24.0. The normalized spacial score (nSPS) is 19.8. The fraction of sp³-hybridized carbons (Fsp3) is 0.421. The van der Waals surface area contributed by atoms with Crippen LogP contribution in [0.3, 0.4) is 0 Å². The van der Waals surface area contributed by atoms with E-state index in [0.717, 1.165) is 29.3 Å². The first-order valence-corrected chi connectivity index (χ1v) is 16.9. The van der Waals surface area contributed by atoms with E-state index in [9.17, 15) is 14.0 Å². The van der Waals surface area contributed by atoms with Gasteiger partial charge in [0.15, 0.2) is 11.6 Å². The van der Waals surface area contributed by atoms with Gasteiger partial charge in [0.1, 0.15) is 30.5 Å². The van der Waals surface area contributed by atoms with Gasteiger partial charge in [0.25, 0.3) is 5.91 Å². The van der Waals surface area contributed by atoms with Crippen molar-refractivity contribution in [3.05, 3.63) is 107 Å². The number of hydrogen-bond acceptors (Lipinski definition) is 6. The number of halogens is 3. The number of carbonyl (C=O) groups excluding carboxylic acids is 2. The van der Waals surface area contributed by atoms with Crippen molar-refractivity contribution in [3.63, 3.8) is 0 Å². The molecule has 2 aliphatic rings. The molecule has 0 radical (unpaired) electrons. The first kappa shape index (κ1) is 35.1. The van der Waals surface area contributed by atoms with E-state index in [1.807, 2.05) is 81.4 Å². The molecule has 1 aromatic heterocycles. The van der Waals surface area contributed by atoms with E-state index in [2.05, 4.69) is 5.10 Å². The number of benzene rings is 3. The molecule has 3 heterocycles. The predicted molar refractivity (Wildman–Crippen MR) is 180 cm³/mol. The number of rotatable bonds is 10. The summed E-state index contributed by atoms with van der Waals surface area (Å²) in [5.41, 5.74) is 0.865. The lowest BCUT2D eigenvalue weighted by Crippen LogP contribution is -2.49. The van der Waals surface area contributed by atoms with Gasteiger partial charge >= 0.3 is 6.09 Å². The van der Waals surface area contributed by atoms with Crippen LogP contribution in [0.4, 0.5) is 18.0 Å². The largest absolute Gasteiger partial charge is 0.445 e. The number of aromatic nitrogens is 3. The van der Waals surface area contributed by atoms with Crippen LogP contribution >= 0.6 is 0 Å². The molecule has 12 heteroatoms. The van der Waals surface area contributed by atoms with Crippen LogP contribution in [-0.2, 0) is 27.4 Å². The minimum atomic E-state index is -1.43. The average Bonchev–Trinajstić information content (AvgIpc) is 3.86. The molecule has 2 fully saturated rings. The van der Waals surface area contributed by atoms with E-state index >= 15 is 8.78 Å². The van der Waals surface area contributed by atoms with Crippen molar-refractivity contribution in [2.24, 2.45) is 11.3 Å². The van der Waals surface area contributed by atoms with Gasteiger partial charge in [0, 0.05) is 25.6 Å². The highest BCUT2D eigenvalue weighted by molar-refractivity contribution is 5.82. The number of nitrogens with zero attached hydrogens (tertiary/aromatic N) is 5. The summed E-state index contributed by atoms with van der Waals surface area (Å²) in [6.45, 7) is 6.33. The van der Waals surface area contributed by atoms with Crippen LogP contribution in [0.1, 0.15) is 56.6 Å². The molecule has 0 bridgehead atoms. The van der Waals surface area contributed by atoms with Gasteiger partial charge in [-0.05, 0) is 47.6 Å². The molecular formula is C38H42F3N5O4. The van der Waals surface area contributed by atoms with Crippen LogP contribution in [0.2, 0.25) is 0 Å². The van der Waals surface area contributed by atoms with Crippen molar-refractivity contribution < 1.29 is 32.2 Å². The quantitative estimate of drug-likeness (QED) is 0.179. The lowest BCUT2D eigenvalue weighted by atomic mass is 9.83. The summed E-state index contributed by atoms with van der Waals surface area (Å²) < 4.78 is 58.3. The zero-order chi connectivity index (χ0) is 35.4. The maximum atomic E-state index is 15.9. The number of hydrogen-bond donors (Lipinski definition) is 0. The van der Waals surface area contributed by atoms with Crippen LogP contribution in [-0.4, -0.2) is 75.1 Å². The highest BCUT2D eigenvalue weighted by atomic mass is 19.1. The Morgan fingerprint density at radius 2 is 1.70 bits per heavy atom. The molecular weight excluding hydrogens is 647 g/mol. The van der Waals surface area contributed by atoms with Gasteiger partial charge in [0.2, 0.25) is 0 Å². The molecule has 0 saturated carbocycles. The summed E-state index contributed by atoms with van der Waals surface area (Å²) in [6, 6.07) is 21.0. The number of ether oxygens (including phenoxy) is 2. The SMILES string of the molecule is CC(C)(C)[C@H](c1nc(-c2cc(F)ccc2F)nn1Cc1ccccc1)N(C[C@@H]1CN(C(=O)OCc2ccccc2)C[C@@H]1F)C(=O)C1CCCO1. The van der Waals surface area contributed by atoms with Crippen LogP contribution in [0.15, 0.2) is 78.9 Å². The van der Waals surface area contributed by atoms with Crippen LogP contribution in [0, 0.1) is 23.0 Å². The van der Waals surface area contributed by atoms with Gasteiger partial charge in [-0.15, -0.1) is 0 Å². The first-order valence-electron chi connectivity index (χ1n) is 16.9. The zero-order valence-electron chi connectivity index (χ0n) is 28.5. The third-order valence-corrected chi connectivity index (χ3v) is 9.17. The van der Waals surface area contributed by atoms with Crippen molar-refractivity contribution in [1.82, 2.24) is 24.6 Å². The third-order valence-electron chi connectivity index (χ3n) is 9.17.